The second-order valence-corrected chi connectivity index (χ2v) is 3.21. The van der Waals surface area contributed by atoms with E-state index in [4.69, 9.17) is 10.5 Å². The van der Waals surface area contributed by atoms with Gasteiger partial charge in [-0.05, 0) is 31.0 Å². The molecule has 1 aromatic rings. The molecule has 1 rings (SSSR count). The lowest BCUT2D eigenvalue weighted by molar-refractivity contribution is 0.0504. The monoisotopic (exact) mass is 193 g/mol. The summed E-state index contributed by atoms with van der Waals surface area (Å²) in [5, 5.41) is 0. The fourth-order valence-electron chi connectivity index (χ4n) is 1.13. The molecule has 0 aliphatic rings. The second-order valence-electron chi connectivity index (χ2n) is 3.21. The summed E-state index contributed by atoms with van der Waals surface area (Å²) in [5.41, 5.74) is 7.61. The number of rotatable bonds is 3. The fraction of sp³-hybridized carbons (Fsp3) is 0.364. The van der Waals surface area contributed by atoms with Gasteiger partial charge in [0.1, 0.15) is 0 Å². The van der Waals surface area contributed by atoms with Crippen molar-refractivity contribution in [2.24, 2.45) is 0 Å². The molecule has 0 aliphatic heterocycles. The van der Waals surface area contributed by atoms with Crippen molar-refractivity contribution in [3.63, 3.8) is 0 Å². The third kappa shape index (κ3) is 2.49. The first-order valence-electron chi connectivity index (χ1n) is 4.68. The average molecular weight is 193 g/mol. The van der Waals surface area contributed by atoms with Crippen LogP contribution in [0.3, 0.4) is 0 Å². The van der Waals surface area contributed by atoms with E-state index in [-0.39, 0.29) is 5.97 Å². The zero-order chi connectivity index (χ0) is 10.6. The van der Waals surface area contributed by atoms with Gasteiger partial charge < -0.3 is 10.5 Å². The van der Waals surface area contributed by atoms with Crippen molar-refractivity contribution in [1.82, 2.24) is 0 Å². The SMILES string of the molecule is CCCOC(=O)c1cc(N)ccc1C. The normalized spacial score (nSPS) is 9.86. The Morgan fingerprint density at radius 2 is 2.21 bits per heavy atom. The number of carbonyl (C=O) groups excluding carboxylic acids is 1. The van der Waals surface area contributed by atoms with E-state index in [1.165, 1.54) is 0 Å². The summed E-state index contributed by atoms with van der Waals surface area (Å²) in [6.07, 6.45) is 0.826. The molecule has 0 bridgehead atoms. The van der Waals surface area contributed by atoms with Crippen LogP contribution < -0.4 is 5.73 Å². The van der Waals surface area contributed by atoms with Crippen LogP contribution in [0.2, 0.25) is 0 Å². The van der Waals surface area contributed by atoms with Gasteiger partial charge in [-0.3, -0.25) is 0 Å². The Hall–Kier alpha value is -1.51. The molecule has 0 unspecified atom stereocenters. The first-order valence-corrected chi connectivity index (χ1v) is 4.68. The third-order valence-electron chi connectivity index (χ3n) is 1.92. The number of ether oxygens (including phenoxy) is 1. The highest BCUT2D eigenvalue weighted by atomic mass is 16.5. The van der Waals surface area contributed by atoms with Crippen molar-refractivity contribution in [1.29, 1.82) is 0 Å². The van der Waals surface area contributed by atoms with Crippen LogP contribution in [0.1, 0.15) is 29.3 Å². The molecule has 0 radical (unpaired) electrons. The molecular formula is C11H15NO2. The van der Waals surface area contributed by atoms with Gasteiger partial charge in [0.15, 0.2) is 0 Å². The van der Waals surface area contributed by atoms with Crippen LogP contribution in [0.25, 0.3) is 0 Å². The number of carbonyl (C=O) groups is 1. The molecule has 0 atom stereocenters. The van der Waals surface area contributed by atoms with E-state index in [1.807, 2.05) is 19.9 Å². The molecular weight excluding hydrogens is 178 g/mol. The minimum absolute atomic E-state index is 0.295. The van der Waals surface area contributed by atoms with Crippen molar-refractivity contribution in [3.05, 3.63) is 29.3 Å². The second kappa shape index (κ2) is 4.65. The van der Waals surface area contributed by atoms with E-state index in [1.54, 1.807) is 12.1 Å². The van der Waals surface area contributed by atoms with E-state index in [9.17, 15) is 4.79 Å². The van der Waals surface area contributed by atoms with Crippen LogP contribution in [-0.4, -0.2) is 12.6 Å². The molecule has 0 aliphatic carbocycles. The lowest BCUT2D eigenvalue weighted by Crippen LogP contribution is -2.08. The number of nitrogen functional groups attached to an aromatic ring is 1. The number of benzene rings is 1. The van der Waals surface area contributed by atoms with Gasteiger partial charge in [-0.25, -0.2) is 4.79 Å². The molecule has 14 heavy (non-hydrogen) atoms. The van der Waals surface area contributed by atoms with Crippen molar-refractivity contribution >= 4 is 11.7 Å². The molecule has 3 heteroatoms. The highest BCUT2D eigenvalue weighted by molar-refractivity contribution is 5.92. The number of hydrogen-bond acceptors (Lipinski definition) is 3. The lowest BCUT2D eigenvalue weighted by atomic mass is 10.1. The summed E-state index contributed by atoms with van der Waals surface area (Å²) in [5.74, 6) is -0.295. The lowest BCUT2D eigenvalue weighted by Gasteiger charge is -2.06. The first kappa shape index (κ1) is 10.6. The van der Waals surface area contributed by atoms with Crippen LogP contribution in [0.4, 0.5) is 5.69 Å². The maximum Gasteiger partial charge on any atom is 0.338 e. The number of esters is 1. The number of nitrogens with two attached hydrogens (primary N) is 1. The number of anilines is 1. The summed E-state index contributed by atoms with van der Waals surface area (Å²) < 4.78 is 5.02. The van der Waals surface area contributed by atoms with Crippen LogP contribution in [-0.2, 0) is 4.74 Å². The summed E-state index contributed by atoms with van der Waals surface area (Å²) in [6, 6.07) is 5.23. The summed E-state index contributed by atoms with van der Waals surface area (Å²) >= 11 is 0. The highest BCUT2D eigenvalue weighted by Crippen LogP contribution is 2.13. The predicted molar refractivity (Wildman–Crippen MR) is 56.2 cm³/mol. The molecule has 0 fully saturated rings. The van der Waals surface area contributed by atoms with Crippen molar-refractivity contribution in [2.75, 3.05) is 12.3 Å². The van der Waals surface area contributed by atoms with Crippen molar-refractivity contribution in [3.8, 4) is 0 Å². The molecule has 0 spiro atoms. The Kier molecular flexibility index (Phi) is 3.51. The van der Waals surface area contributed by atoms with Crippen molar-refractivity contribution < 1.29 is 9.53 Å². The summed E-state index contributed by atoms with van der Waals surface area (Å²) in [4.78, 5) is 11.5. The quantitative estimate of drug-likeness (QED) is 0.591. The molecule has 0 amide bonds. The Labute approximate surface area is 83.9 Å². The average Bonchev–Trinajstić information content (AvgIpc) is 2.18. The molecule has 0 heterocycles. The Balaban J connectivity index is 2.83. The molecule has 0 saturated heterocycles. The van der Waals surface area contributed by atoms with Gasteiger partial charge >= 0.3 is 5.97 Å². The van der Waals surface area contributed by atoms with Crippen LogP contribution >= 0.6 is 0 Å². The Morgan fingerprint density at radius 1 is 1.50 bits per heavy atom. The minimum Gasteiger partial charge on any atom is -0.462 e. The van der Waals surface area contributed by atoms with Crippen molar-refractivity contribution in [2.45, 2.75) is 20.3 Å². The topological polar surface area (TPSA) is 52.3 Å². The van der Waals surface area contributed by atoms with Gasteiger partial charge in [0, 0.05) is 5.69 Å². The predicted octanol–water partition coefficient (Wildman–Crippen LogP) is 2.14. The minimum atomic E-state index is -0.295. The van der Waals surface area contributed by atoms with Gasteiger partial charge in [0.2, 0.25) is 0 Å². The molecule has 76 valence electrons. The maximum atomic E-state index is 11.5. The summed E-state index contributed by atoms with van der Waals surface area (Å²) in [6.45, 7) is 4.27. The van der Waals surface area contributed by atoms with Gasteiger partial charge in [-0.15, -0.1) is 0 Å². The van der Waals surface area contributed by atoms with Crippen LogP contribution in [0.15, 0.2) is 18.2 Å². The van der Waals surface area contributed by atoms with E-state index in [0.29, 0.717) is 17.9 Å². The molecule has 0 aromatic heterocycles. The van der Waals surface area contributed by atoms with E-state index in [2.05, 4.69) is 0 Å². The highest BCUT2D eigenvalue weighted by Gasteiger charge is 2.09. The zero-order valence-corrected chi connectivity index (χ0v) is 8.54. The van der Waals surface area contributed by atoms with Gasteiger partial charge in [0.05, 0.1) is 12.2 Å². The van der Waals surface area contributed by atoms with Crippen LogP contribution in [0.5, 0.6) is 0 Å². The number of hydrogen-bond donors (Lipinski definition) is 1. The van der Waals surface area contributed by atoms with E-state index in [0.717, 1.165) is 12.0 Å². The molecule has 3 nitrogen and oxygen atoms in total. The smallest absolute Gasteiger partial charge is 0.338 e. The Bertz CT molecular complexity index is 334. The van der Waals surface area contributed by atoms with E-state index < -0.39 is 0 Å². The summed E-state index contributed by atoms with van der Waals surface area (Å²) in [7, 11) is 0. The standard InChI is InChI=1S/C11H15NO2/c1-3-6-14-11(13)10-7-9(12)5-4-8(10)2/h4-5,7H,3,6,12H2,1-2H3. The van der Waals surface area contributed by atoms with E-state index >= 15 is 0 Å². The van der Waals surface area contributed by atoms with Gasteiger partial charge in [-0.1, -0.05) is 13.0 Å². The molecule has 1 aromatic carbocycles. The largest absolute Gasteiger partial charge is 0.462 e. The van der Waals surface area contributed by atoms with Gasteiger partial charge in [-0.2, -0.15) is 0 Å². The van der Waals surface area contributed by atoms with Crippen LogP contribution in [0, 0.1) is 6.92 Å². The maximum absolute atomic E-state index is 11.5. The Morgan fingerprint density at radius 3 is 2.86 bits per heavy atom. The van der Waals surface area contributed by atoms with Gasteiger partial charge in [0.25, 0.3) is 0 Å². The number of aryl methyl sites for hydroxylation is 1. The zero-order valence-electron chi connectivity index (χ0n) is 8.54. The first-order chi connectivity index (χ1) is 6.65. The third-order valence-corrected chi connectivity index (χ3v) is 1.92. The molecule has 2 N–H and O–H groups in total. The fourth-order valence-corrected chi connectivity index (χ4v) is 1.13. The molecule has 0 saturated carbocycles.